The summed E-state index contributed by atoms with van der Waals surface area (Å²) in [4.78, 5) is 0. The van der Waals surface area contributed by atoms with Crippen molar-refractivity contribution in [2.75, 3.05) is 6.61 Å². The second kappa shape index (κ2) is 4.22. The smallest absolute Gasteiger partial charge is 0.106 e. The number of hydrogen-bond donors (Lipinski definition) is 0. The van der Waals surface area contributed by atoms with Crippen LogP contribution in [-0.4, -0.2) is 6.61 Å². The molecule has 0 amide bonds. The second-order valence-corrected chi connectivity index (χ2v) is 3.01. The first-order valence-electron chi connectivity index (χ1n) is 4.27. The van der Waals surface area contributed by atoms with Crippen LogP contribution < -0.4 is 0 Å². The fourth-order valence-corrected chi connectivity index (χ4v) is 1.38. The molecule has 62 valence electrons. The Bertz CT molecular complexity index is 168. The van der Waals surface area contributed by atoms with Gasteiger partial charge in [0.1, 0.15) is 6.61 Å². The fourth-order valence-electron chi connectivity index (χ4n) is 1.38. The first-order valence-corrected chi connectivity index (χ1v) is 4.27. The van der Waals surface area contributed by atoms with Crippen molar-refractivity contribution in [2.24, 2.45) is 0 Å². The van der Waals surface area contributed by atoms with E-state index in [0.717, 1.165) is 6.42 Å². The van der Waals surface area contributed by atoms with Crippen LogP contribution in [0.3, 0.4) is 0 Å². The van der Waals surface area contributed by atoms with E-state index in [1.165, 1.54) is 30.6 Å². The van der Waals surface area contributed by atoms with E-state index in [2.05, 4.69) is 13.5 Å². The maximum atomic E-state index is 5.51. The van der Waals surface area contributed by atoms with Gasteiger partial charge in [0.25, 0.3) is 0 Å². The van der Waals surface area contributed by atoms with Gasteiger partial charge < -0.3 is 4.74 Å². The molecule has 1 rings (SSSR count). The molecule has 0 heterocycles. The highest BCUT2D eigenvalue weighted by Gasteiger charge is 2.08. The number of rotatable bonds is 3. The van der Waals surface area contributed by atoms with E-state index in [4.69, 9.17) is 4.74 Å². The van der Waals surface area contributed by atoms with Crippen LogP contribution in [0.1, 0.15) is 32.6 Å². The summed E-state index contributed by atoms with van der Waals surface area (Å²) in [5, 5.41) is 0. The summed E-state index contributed by atoms with van der Waals surface area (Å²) in [6, 6.07) is 0. The van der Waals surface area contributed by atoms with Gasteiger partial charge in [0.15, 0.2) is 0 Å². The molecule has 0 saturated carbocycles. The Kier molecular flexibility index (Phi) is 3.21. The van der Waals surface area contributed by atoms with Crippen molar-refractivity contribution in [3.05, 3.63) is 24.0 Å². The zero-order chi connectivity index (χ0) is 8.10. The highest BCUT2D eigenvalue weighted by atomic mass is 16.5. The van der Waals surface area contributed by atoms with Gasteiger partial charge in [-0.2, -0.15) is 0 Å². The Morgan fingerprint density at radius 2 is 2.18 bits per heavy atom. The van der Waals surface area contributed by atoms with Crippen molar-refractivity contribution in [2.45, 2.75) is 32.6 Å². The van der Waals surface area contributed by atoms with Gasteiger partial charge in [-0.05, 0) is 31.8 Å². The van der Waals surface area contributed by atoms with Crippen LogP contribution in [0.15, 0.2) is 24.0 Å². The quantitative estimate of drug-likeness (QED) is 0.565. The van der Waals surface area contributed by atoms with Crippen LogP contribution in [0.5, 0.6) is 0 Å². The number of hydrogen-bond acceptors (Lipinski definition) is 1. The van der Waals surface area contributed by atoms with Gasteiger partial charge >= 0.3 is 0 Å². The molecule has 11 heavy (non-hydrogen) atoms. The van der Waals surface area contributed by atoms with Crippen molar-refractivity contribution in [3.8, 4) is 0 Å². The first kappa shape index (κ1) is 8.38. The van der Waals surface area contributed by atoms with Crippen LogP contribution in [0.4, 0.5) is 0 Å². The molecule has 0 aromatic carbocycles. The van der Waals surface area contributed by atoms with Crippen molar-refractivity contribution in [1.29, 1.82) is 0 Å². The molecule has 0 fully saturated rings. The molecule has 0 aromatic heterocycles. The largest absolute Gasteiger partial charge is 0.494 e. The molecular weight excluding hydrogens is 136 g/mol. The van der Waals surface area contributed by atoms with Crippen molar-refractivity contribution in [3.63, 3.8) is 0 Å². The molecule has 0 spiro atoms. The van der Waals surface area contributed by atoms with E-state index >= 15 is 0 Å². The standard InChI is InChI=1S/C10H16O/c1-3-8-11-10-7-5-4-6-9(10)2/h3H,1,4-8H2,2H3. The van der Waals surface area contributed by atoms with E-state index in [1.807, 2.05) is 0 Å². The third-order valence-electron chi connectivity index (χ3n) is 2.06. The summed E-state index contributed by atoms with van der Waals surface area (Å²) in [5.74, 6) is 1.20. The van der Waals surface area contributed by atoms with Crippen molar-refractivity contribution >= 4 is 0 Å². The molecular formula is C10H16O. The van der Waals surface area contributed by atoms with Gasteiger partial charge in [-0.3, -0.25) is 0 Å². The first-order chi connectivity index (χ1) is 5.34. The molecule has 0 atom stereocenters. The highest BCUT2D eigenvalue weighted by molar-refractivity contribution is 5.08. The lowest BCUT2D eigenvalue weighted by molar-refractivity contribution is 0.222. The molecule has 0 N–H and O–H groups in total. The maximum absolute atomic E-state index is 5.51. The Balaban J connectivity index is 2.45. The van der Waals surface area contributed by atoms with E-state index in [9.17, 15) is 0 Å². The number of ether oxygens (including phenoxy) is 1. The van der Waals surface area contributed by atoms with Gasteiger partial charge in [-0.1, -0.05) is 12.7 Å². The average Bonchev–Trinajstić information content (AvgIpc) is 2.03. The Hall–Kier alpha value is -0.720. The minimum Gasteiger partial charge on any atom is -0.494 e. The van der Waals surface area contributed by atoms with E-state index in [0.29, 0.717) is 6.61 Å². The van der Waals surface area contributed by atoms with Gasteiger partial charge in [-0.15, -0.1) is 0 Å². The Labute approximate surface area is 68.8 Å². The minimum absolute atomic E-state index is 0.659. The average molecular weight is 152 g/mol. The third kappa shape index (κ3) is 2.41. The van der Waals surface area contributed by atoms with Gasteiger partial charge in [-0.25, -0.2) is 0 Å². The minimum atomic E-state index is 0.659. The SMILES string of the molecule is C=CCOC1=C(C)CCCC1. The Morgan fingerprint density at radius 3 is 2.82 bits per heavy atom. The van der Waals surface area contributed by atoms with Crippen LogP contribution in [0.25, 0.3) is 0 Å². The maximum Gasteiger partial charge on any atom is 0.106 e. The lowest BCUT2D eigenvalue weighted by Gasteiger charge is -2.17. The normalized spacial score (nSPS) is 18.3. The summed E-state index contributed by atoms with van der Waals surface area (Å²) in [5.41, 5.74) is 1.43. The predicted molar refractivity (Wildman–Crippen MR) is 47.3 cm³/mol. The zero-order valence-electron chi connectivity index (χ0n) is 7.23. The fraction of sp³-hybridized carbons (Fsp3) is 0.600. The van der Waals surface area contributed by atoms with Gasteiger partial charge in [0.2, 0.25) is 0 Å². The molecule has 1 aliphatic rings. The number of allylic oxidation sites excluding steroid dienone is 2. The summed E-state index contributed by atoms with van der Waals surface area (Å²) in [7, 11) is 0. The third-order valence-corrected chi connectivity index (χ3v) is 2.06. The molecule has 0 saturated heterocycles. The molecule has 1 aliphatic carbocycles. The second-order valence-electron chi connectivity index (χ2n) is 3.01. The lowest BCUT2D eigenvalue weighted by atomic mass is 9.99. The van der Waals surface area contributed by atoms with Crippen molar-refractivity contribution < 1.29 is 4.74 Å². The lowest BCUT2D eigenvalue weighted by Crippen LogP contribution is -2.01. The van der Waals surface area contributed by atoms with E-state index in [1.54, 1.807) is 6.08 Å². The molecule has 0 bridgehead atoms. The Morgan fingerprint density at radius 1 is 1.45 bits per heavy atom. The van der Waals surface area contributed by atoms with Gasteiger partial charge in [0.05, 0.1) is 5.76 Å². The predicted octanol–water partition coefficient (Wildman–Crippen LogP) is 3.04. The molecule has 0 aliphatic heterocycles. The van der Waals surface area contributed by atoms with Crippen LogP contribution >= 0.6 is 0 Å². The van der Waals surface area contributed by atoms with Crippen molar-refractivity contribution in [1.82, 2.24) is 0 Å². The van der Waals surface area contributed by atoms with Crippen LogP contribution in [-0.2, 0) is 4.74 Å². The zero-order valence-corrected chi connectivity index (χ0v) is 7.23. The molecule has 0 unspecified atom stereocenters. The summed E-state index contributed by atoms with van der Waals surface area (Å²) < 4.78 is 5.51. The van der Waals surface area contributed by atoms with E-state index < -0.39 is 0 Å². The van der Waals surface area contributed by atoms with E-state index in [-0.39, 0.29) is 0 Å². The van der Waals surface area contributed by atoms with Crippen LogP contribution in [0, 0.1) is 0 Å². The molecule has 0 aromatic rings. The molecule has 1 nitrogen and oxygen atoms in total. The summed E-state index contributed by atoms with van der Waals surface area (Å²) >= 11 is 0. The van der Waals surface area contributed by atoms with Gasteiger partial charge in [0, 0.05) is 6.42 Å². The molecule has 1 heteroatoms. The summed E-state index contributed by atoms with van der Waals surface area (Å²) in [6.07, 6.45) is 6.75. The highest BCUT2D eigenvalue weighted by Crippen LogP contribution is 2.24. The monoisotopic (exact) mass is 152 g/mol. The van der Waals surface area contributed by atoms with Crippen LogP contribution in [0.2, 0.25) is 0 Å². The summed E-state index contributed by atoms with van der Waals surface area (Å²) in [6.45, 7) is 6.45. The molecule has 0 radical (unpaired) electrons. The topological polar surface area (TPSA) is 9.23 Å².